The summed E-state index contributed by atoms with van der Waals surface area (Å²) in [6.07, 6.45) is 0. The number of hydrogen-bond acceptors (Lipinski definition) is 2. The minimum Gasteiger partial charge on any atom is -0.457 e. The van der Waals surface area contributed by atoms with E-state index < -0.39 is 0 Å². The van der Waals surface area contributed by atoms with Gasteiger partial charge in [0.25, 0.3) is 0 Å². The van der Waals surface area contributed by atoms with E-state index in [9.17, 15) is 8.78 Å². The fraction of sp³-hybridized carbons (Fsp3) is 0.111. The van der Waals surface area contributed by atoms with Gasteiger partial charge >= 0.3 is 0 Å². The molecule has 4 aromatic carbocycles. The summed E-state index contributed by atoms with van der Waals surface area (Å²) in [6, 6.07) is 23.3. The Labute approximate surface area is 225 Å². The molecule has 0 heterocycles. The molecule has 0 aliphatic carbocycles. The number of halogens is 5. The van der Waals surface area contributed by atoms with Crippen molar-refractivity contribution in [2.24, 2.45) is 0 Å². The van der Waals surface area contributed by atoms with E-state index >= 15 is 0 Å². The first-order chi connectivity index (χ1) is 15.8. The topological polar surface area (TPSA) is 18.5 Å². The number of alkyl halides is 1. The van der Waals surface area contributed by atoms with Crippen LogP contribution < -0.4 is 9.47 Å². The Morgan fingerprint density at radius 3 is 1.50 bits per heavy atom. The van der Waals surface area contributed by atoms with E-state index in [0.717, 1.165) is 36.9 Å². The molecular weight excluding hydrogens is 634 g/mol. The van der Waals surface area contributed by atoms with Gasteiger partial charge in [0, 0.05) is 15.7 Å². The highest BCUT2D eigenvalue weighted by Crippen LogP contribution is 2.28. The predicted octanol–water partition coefficient (Wildman–Crippen LogP) is 10.8. The Morgan fingerprint density at radius 2 is 1.06 bits per heavy atom. The molecule has 4 aromatic rings. The zero-order valence-electron chi connectivity index (χ0n) is 17.5. The van der Waals surface area contributed by atoms with Gasteiger partial charge in [-0.2, -0.15) is 0 Å². The Hall–Kier alpha value is -2.22. The Kier molecular flexibility index (Phi) is 11.2. The molecule has 0 unspecified atom stereocenters. The second-order valence-electron chi connectivity index (χ2n) is 6.91. The van der Waals surface area contributed by atoms with Gasteiger partial charge in [-0.05, 0) is 103 Å². The summed E-state index contributed by atoms with van der Waals surface area (Å²) in [6.45, 7) is 1.99. The molecule has 0 amide bonds. The number of aryl methyl sites for hydroxylation is 1. The van der Waals surface area contributed by atoms with Gasteiger partial charge in [-0.25, -0.2) is 8.78 Å². The van der Waals surface area contributed by atoms with E-state index in [1.807, 2.05) is 43.3 Å². The van der Waals surface area contributed by atoms with E-state index in [1.165, 1.54) is 24.3 Å². The first-order valence-corrected chi connectivity index (χ1v) is 12.5. The van der Waals surface area contributed by atoms with Crippen molar-refractivity contribution in [3.05, 3.63) is 117 Å². The molecule has 0 spiro atoms. The lowest BCUT2D eigenvalue weighted by Gasteiger charge is -2.08. The summed E-state index contributed by atoms with van der Waals surface area (Å²) in [5.74, 6) is 2.19. The lowest BCUT2D eigenvalue weighted by molar-refractivity contribution is 0.480. The Bertz CT molecular complexity index is 1200. The fourth-order valence-corrected chi connectivity index (χ4v) is 4.15. The summed E-state index contributed by atoms with van der Waals surface area (Å²) in [7, 11) is 0. The van der Waals surface area contributed by atoms with Gasteiger partial charge in [0.2, 0.25) is 0 Å². The predicted molar refractivity (Wildman–Crippen MR) is 147 cm³/mol. The second-order valence-corrected chi connectivity index (χ2v) is 9.18. The molecule has 0 fully saturated rings. The Balaban J connectivity index is 0.000000332. The SMILES string of the molecule is C.Cc1cc(Oc2ccc(F)cc2)ccc1Br.Fc1ccc(Oc2ccc(Br)c(CBr)c2)cc1.[2HH]. The van der Waals surface area contributed by atoms with E-state index in [4.69, 9.17) is 9.47 Å². The van der Waals surface area contributed by atoms with Gasteiger partial charge < -0.3 is 9.47 Å². The molecule has 0 radical (unpaired) electrons. The monoisotopic (exact) mass is 657 g/mol. The van der Waals surface area contributed by atoms with Crippen molar-refractivity contribution < 1.29 is 19.7 Å². The maximum absolute atomic E-state index is 12.7. The Morgan fingerprint density at radius 1 is 0.647 bits per heavy atom. The van der Waals surface area contributed by atoms with Crippen LogP contribution in [-0.4, -0.2) is 0 Å². The summed E-state index contributed by atoms with van der Waals surface area (Å²) in [4.78, 5) is 0. The van der Waals surface area contributed by atoms with Gasteiger partial charge in [-0.3, -0.25) is 0 Å². The van der Waals surface area contributed by atoms with Gasteiger partial charge in [0.1, 0.15) is 34.6 Å². The van der Waals surface area contributed by atoms with Crippen molar-refractivity contribution >= 4 is 47.8 Å². The van der Waals surface area contributed by atoms with Crippen molar-refractivity contribution in [2.75, 3.05) is 0 Å². The molecule has 0 atom stereocenters. The molecular formula is C27H25Br3F2O2. The van der Waals surface area contributed by atoms with Gasteiger partial charge in [-0.15, -0.1) is 0 Å². The molecule has 0 bridgehead atoms. The average molecular weight is 660 g/mol. The van der Waals surface area contributed by atoms with Crippen molar-refractivity contribution in [2.45, 2.75) is 19.7 Å². The van der Waals surface area contributed by atoms with Crippen LogP contribution >= 0.6 is 47.8 Å². The zero-order valence-corrected chi connectivity index (χ0v) is 22.3. The third-order valence-electron chi connectivity index (χ3n) is 4.39. The molecule has 4 rings (SSSR count). The molecule has 0 saturated carbocycles. The average Bonchev–Trinajstić information content (AvgIpc) is 2.81. The summed E-state index contributed by atoms with van der Waals surface area (Å²) >= 11 is 10.3. The normalized spacial score (nSPS) is 9.94. The van der Waals surface area contributed by atoms with Crippen LogP contribution in [0.3, 0.4) is 0 Å². The standard InChI is InChI=1S/C13H9Br2FO.C13H10BrFO.CH4.H2/c14-8-9-7-12(5-6-13(9)15)17-11-3-1-10(16)2-4-11;1-9-8-12(6-7-13(9)14)16-11-4-2-10(15)3-5-11;;/h1-7H,8H2;2-8H,1H3;1H4;1H/i;;;1+1. The third kappa shape index (κ3) is 8.53. The highest BCUT2D eigenvalue weighted by Gasteiger charge is 2.03. The maximum atomic E-state index is 12.7. The van der Waals surface area contributed by atoms with Crippen LogP contribution in [0.4, 0.5) is 8.78 Å². The molecule has 0 N–H and O–H groups in total. The van der Waals surface area contributed by atoms with Gasteiger partial charge in [0.15, 0.2) is 0 Å². The van der Waals surface area contributed by atoms with Gasteiger partial charge in [0.05, 0.1) is 0 Å². The highest BCUT2D eigenvalue weighted by atomic mass is 79.9. The van der Waals surface area contributed by atoms with Crippen molar-refractivity contribution in [3.63, 3.8) is 0 Å². The van der Waals surface area contributed by atoms with Crippen LogP contribution in [0.15, 0.2) is 93.9 Å². The van der Waals surface area contributed by atoms with E-state index in [2.05, 4.69) is 47.8 Å². The summed E-state index contributed by atoms with van der Waals surface area (Å²) in [5, 5.41) is 0.744. The summed E-state index contributed by atoms with van der Waals surface area (Å²) < 4.78 is 38.7. The van der Waals surface area contributed by atoms with Crippen LogP contribution in [0.1, 0.15) is 20.0 Å². The van der Waals surface area contributed by atoms with Crippen LogP contribution in [0, 0.1) is 18.6 Å². The molecule has 2 nitrogen and oxygen atoms in total. The molecule has 0 aliphatic rings. The second kappa shape index (κ2) is 13.6. The quantitative estimate of drug-likeness (QED) is 0.199. The van der Waals surface area contributed by atoms with Crippen molar-refractivity contribution in [3.8, 4) is 23.0 Å². The van der Waals surface area contributed by atoms with Crippen molar-refractivity contribution in [1.29, 1.82) is 0 Å². The maximum Gasteiger partial charge on any atom is 0.127 e. The largest absolute Gasteiger partial charge is 0.457 e. The number of ether oxygens (including phenoxy) is 2. The van der Waals surface area contributed by atoms with Crippen LogP contribution in [0.25, 0.3) is 0 Å². The van der Waals surface area contributed by atoms with Crippen LogP contribution in [0.2, 0.25) is 0 Å². The molecule has 0 saturated heterocycles. The van der Waals surface area contributed by atoms with E-state index in [0.29, 0.717) is 11.5 Å². The van der Waals surface area contributed by atoms with E-state index in [-0.39, 0.29) is 20.5 Å². The third-order valence-corrected chi connectivity index (χ3v) is 6.66. The molecule has 7 heteroatoms. The zero-order chi connectivity index (χ0) is 23.8. The number of rotatable bonds is 5. The summed E-state index contributed by atoms with van der Waals surface area (Å²) in [5.41, 5.74) is 2.20. The number of hydrogen-bond donors (Lipinski definition) is 0. The minimum absolute atomic E-state index is 0. The first kappa shape index (κ1) is 28.0. The van der Waals surface area contributed by atoms with Crippen LogP contribution in [-0.2, 0) is 5.33 Å². The van der Waals surface area contributed by atoms with Crippen LogP contribution in [0.5, 0.6) is 23.0 Å². The molecule has 0 aliphatic heterocycles. The van der Waals surface area contributed by atoms with Gasteiger partial charge in [-0.1, -0.05) is 55.2 Å². The first-order valence-electron chi connectivity index (χ1n) is 9.81. The fourth-order valence-electron chi connectivity index (χ4n) is 2.68. The highest BCUT2D eigenvalue weighted by molar-refractivity contribution is 9.11. The molecule has 180 valence electrons. The van der Waals surface area contributed by atoms with E-state index in [1.54, 1.807) is 24.3 Å². The lowest BCUT2D eigenvalue weighted by Crippen LogP contribution is -1.87. The smallest absolute Gasteiger partial charge is 0.127 e. The number of benzene rings is 4. The lowest BCUT2D eigenvalue weighted by atomic mass is 10.2. The molecule has 34 heavy (non-hydrogen) atoms. The van der Waals surface area contributed by atoms with Crippen molar-refractivity contribution in [1.82, 2.24) is 0 Å². The molecule has 0 aromatic heterocycles. The minimum atomic E-state index is -0.269.